The van der Waals surface area contributed by atoms with Gasteiger partial charge in [-0.2, -0.15) is 0 Å². The molecule has 0 amide bonds. The lowest BCUT2D eigenvalue weighted by atomic mass is 10.3. The van der Waals surface area contributed by atoms with Gasteiger partial charge in [-0.05, 0) is 18.2 Å². The predicted molar refractivity (Wildman–Crippen MR) is 64.3 cm³/mol. The predicted octanol–water partition coefficient (Wildman–Crippen LogP) is 2.07. The maximum atomic E-state index is 13.6. The number of anilines is 1. The largest absolute Gasteiger partial charge is 0.267 e. The summed E-state index contributed by atoms with van der Waals surface area (Å²) in [6.07, 6.45) is 2.72. The third-order valence-electron chi connectivity index (χ3n) is 2.00. The molecule has 5 nitrogen and oxygen atoms in total. The van der Waals surface area contributed by atoms with Crippen LogP contribution in [0.3, 0.4) is 0 Å². The van der Waals surface area contributed by atoms with Crippen LogP contribution in [0.1, 0.15) is 0 Å². The maximum Gasteiger partial charge on any atom is 0.267 e. The van der Waals surface area contributed by atoms with Crippen molar-refractivity contribution in [1.82, 2.24) is 9.97 Å². The monoisotopic (exact) mass is 287 g/mol. The Morgan fingerprint density at radius 3 is 2.50 bits per heavy atom. The quantitative estimate of drug-likeness (QED) is 0.938. The SMILES string of the molecule is O=S(=O)(Nc1ncccn1)c1cccc(Cl)c1F. The first-order valence-corrected chi connectivity index (χ1v) is 6.60. The molecule has 0 bridgehead atoms. The van der Waals surface area contributed by atoms with Crippen LogP contribution in [0.25, 0.3) is 0 Å². The molecule has 0 aliphatic heterocycles. The van der Waals surface area contributed by atoms with E-state index in [4.69, 9.17) is 11.6 Å². The molecule has 0 atom stereocenters. The Hall–Kier alpha value is -1.73. The van der Waals surface area contributed by atoms with Crippen molar-refractivity contribution in [1.29, 1.82) is 0 Å². The zero-order chi connectivity index (χ0) is 13.2. The minimum Gasteiger partial charge on any atom is -0.247 e. The average molecular weight is 288 g/mol. The number of halogens is 2. The van der Waals surface area contributed by atoms with Gasteiger partial charge in [0.25, 0.3) is 10.0 Å². The van der Waals surface area contributed by atoms with Crippen molar-refractivity contribution in [2.45, 2.75) is 4.90 Å². The Balaban J connectivity index is 2.41. The molecule has 2 aromatic rings. The zero-order valence-corrected chi connectivity index (χ0v) is 10.4. The molecular weight excluding hydrogens is 281 g/mol. The van der Waals surface area contributed by atoms with E-state index in [1.165, 1.54) is 30.6 Å². The molecule has 0 saturated heterocycles. The van der Waals surface area contributed by atoms with Crippen molar-refractivity contribution in [2.24, 2.45) is 0 Å². The van der Waals surface area contributed by atoms with Crippen molar-refractivity contribution < 1.29 is 12.8 Å². The molecule has 0 unspecified atom stereocenters. The zero-order valence-electron chi connectivity index (χ0n) is 8.84. The van der Waals surface area contributed by atoms with Crippen LogP contribution in [0.15, 0.2) is 41.6 Å². The molecule has 1 aromatic heterocycles. The first kappa shape index (κ1) is 12.7. The second-order valence-corrected chi connectivity index (χ2v) is 5.29. The summed E-state index contributed by atoms with van der Waals surface area (Å²) in [5, 5.41) is -0.271. The number of benzene rings is 1. The van der Waals surface area contributed by atoms with Gasteiger partial charge in [-0.15, -0.1) is 0 Å². The molecule has 0 spiro atoms. The first-order valence-electron chi connectivity index (χ1n) is 4.74. The molecule has 0 aliphatic rings. The number of nitrogens with one attached hydrogen (secondary N) is 1. The smallest absolute Gasteiger partial charge is 0.247 e. The highest BCUT2D eigenvalue weighted by molar-refractivity contribution is 7.92. The highest BCUT2D eigenvalue weighted by Crippen LogP contribution is 2.22. The highest BCUT2D eigenvalue weighted by atomic mass is 35.5. The summed E-state index contributed by atoms with van der Waals surface area (Å²) in [6.45, 7) is 0. The van der Waals surface area contributed by atoms with E-state index in [2.05, 4.69) is 14.7 Å². The minimum atomic E-state index is -4.10. The summed E-state index contributed by atoms with van der Waals surface area (Å²) in [5.41, 5.74) is 0. The first-order chi connectivity index (χ1) is 8.50. The Morgan fingerprint density at radius 1 is 1.17 bits per heavy atom. The maximum absolute atomic E-state index is 13.6. The van der Waals surface area contributed by atoms with Crippen LogP contribution in [0.4, 0.5) is 10.3 Å². The topological polar surface area (TPSA) is 72.0 Å². The number of hydrogen-bond acceptors (Lipinski definition) is 4. The van der Waals surface area contributed by atoms with Crippen molar-refractivity contribution in [3.05, 3.63) is 47.5 Å². The molecule has 1 heterocycles. The normalized spacial score (nSPS) is 11.2. The summed E-state index contributed by atoms with van der Waals surface area (Å²) in [5.74, 6) is -1.15. The Labute approximate surface area is 108 Å². The van der Waals surface area contributed by atoms with E-state index >= 15 is 0 Å². The van der Waals surface area contributed by atoms with E-state index in [-0.39, 0.29) is 11.0 Å². The summed E-state index contributed by atoms with van der Waals surface area (Å²) in [7, 11) is -4.10. The lowest BCUT2D eigenvalue weighted by Gasteiger charge is -2.07. The van der Waals surface area contributed by atoms with Crippen LogP contribution in [-0.4, -0.2) is 18.4 Å². The average Bonchev–Trinajstić information content (AvgIpc) is 2.33. The number of sulfonamides is 1. The van der Waals surface area contributed by atoms with Gasteiger partial charge in [0, 0.05) is 12.4 Å². The molecule has 94 valence electrons. The van der Waals surface area contributed by atoms with E-state index in [1.54, 1.807) is 0 Å². The van der Waals surface area contributed by atoms with Gasteiger partial charge >= 0.3 is 0 Å². The van der Waals surface area contributed by atoms with Crippen LogP contribution in [0.5, 0.6) is 0 Å². The van der Waals surface area contributed by atoms with E-state index in [0.717, 1.165) is 6.07 Å². The van der Waals surface area contributed by atoms with Crippen molar-refractivity contribution in [2.75, 3.05) is 4.72 Å². The summed E-state index contributed by atoms with van der Waals surface area (Å²) in [4.78, 5) is 6.82. The van der Waals surface area contributed by atoms with E-state index in [9.17, 15) is 12.8 Å². The number of nitrogens with zero attached hydrogens (tertiary/aromatic N) is 2. The van der Waals surface area contributed by atoms with Crippen molar-refractivity contribution >= 4 is 27.6 Å². The third-order valence-corrected chi connectivity index (χ3v) is 3.63. The highest BCUT2D eigenvalue weighted by Gasteiger charge is 2.21. The fraction of sp³-hybridized carbons (Fsp3) is 0. The number of aromatic nitrogens is 2. The van der Waals surface area contributed by atoms with Crippen LogP contribution in [-0.2, 0) is 10.0 Å². The van der Waals surface area contributed by atoms with Gasteiger partial charge in [-0.25, -0.2) is 27.5 Å². The minimum absolute atomic E-state index is 0.142. The summed E-state index contributed by atoms with van der Waals surface area (Å²) < 4.78 is 39.4. The fourth-order valence-corrected chi connectivity index (χ4v) is 2.51. The lowest BCUT2D eigenvalue weighted by molar-refractivity contribution is 0.570. The van der Waals surface area contributed by atoms with Crippen LogP contribution in [0.2, 0.25) is 5.02 Å². The van der Waals surface area contributed by atoms with Gasteiger partial charge in [0.1, 0.15) is 4.90 Å². The van der Waals surface area contributed by atoms with Crippen LogP contribution < -0.4 is 4.72 Å². The molecule has 0 fully saturated rings. The molecule has 8 heteroatoms. The fourth-order valence-electron chi connectivity index (χ4n) is 1.22. The number of rotatable bonds is 3. The number of hydrogen-bond donors (Lipinski definition) is 1. The molecule has 1 N–H and O–H groups in total. The third kappa shape index (κ3) is 2.57. The second kappa shape index (κ2) is 4.87. The second-order valence-electron chi connectivity index (χ2n) is 3.23. The Morgan fingerprint density at radius 2 is 1.83 bits per heavy atom. The Kier molecular flexibility index (Phi) is 3.44. The van der Waals surface area contributed by atoms with E-state index < -0.39 is 20.7 Å². The molecule has 0 radical (unpaired) electrons. The molecule has 2 rings (SSSR count). The van der Waals surface area contributed by atoms with Crippen LogP contribution >= 0.6 is 11.6 Å². The van der Waals surface area contributed by atoms with Crippen LogP contribution in [0, 0.1) is 5.82 Å². The molecule has 0 saturated carbocycles. The molecule has 1 aromatic carbocycles. The van der Waals surface area contributed by atoms with Gasteiger partial charge < -0.3 is 0 Å². The van der Waals surface area contributed by atoms with Gasteiger partial charge in [0.15, 0.2) is 5.82 Å². The summed E-state index contributed by atoms with van der Waals surface area (Å²) in [6, 6.07) is 5.23. The van der Waals surface area contributed by atoms with Crippen molar-refractivity contribution in [3.8, 4) is 0 Å². The van der Waals surface area contributed by atoms with Gasteiger partial charge in [0.2, 0.25) is 5.95 Å². The molecule has 18 heavy (non-hydrogen) atoms. The van der Waals surface area contributed by atoms with E-state index in [1.807, 2.05) is 0 Å². The van der Waals surface area contributed by atoms with Gasteiger partial charge in [-0.1, -0.05) is 17.7 Å². The van der Waals surface area contributed by atoms with Crippen molar-refractivity contribution in [3.63, 3.8) is 0 Å². The van der Waals surface area contributed by atoms with Gasteiger partial charge in [-0.3, -0.25) is 0 Å². The standard InChI is InChI=1S/C10H7ClFN3O2S/c11-7-3-1-4-8(9(7)12)18(16,17)15-10-13-5-2-6-14-10/h1-6H,(H,13,14,15). The lowest BCUT2D eigenvalue weighted by Crippen LogP contribution is -2.16. The molecular formula is C10H7ClFN3O2S. The van der Waals surface area contributed by atoms with Gasteiger partial charge in [0.05, 0.1) is 5.02 Å². The van der Waals surface area contributed by atoms with E-state index in [0.29, 0.717) is 0 Å². The summed E-state index contributed by atoms with van der Waals surface area (Å²) >= 11 is 5.52. The molecule has 0 aliphatic carbocycles. The Bertz CT molecular complexity index is 664.